The van der Waals surface area contributed by atoms with Gasteiger partial charge < -0.3 is 9.47 Å². The predicted molar refractivity (Wildman–Crippen MR) is 58.3 cm³/mol. The molecule has 1 aromatic carbocycles. The number of methoxy groups -OCH3 is 1. The van der Waals surface area contributed by atoms with E-state index >= 15 is 0 Å². The Morgan fingerprint density at radius 3 is 2.56 bits per heavy atom. The third-order valence-electron chi connectivity index (χ3n) is 1.79. The van der Waals surface area contributed by atoms with Crippen LogP contribution < -0.4 is 4.74 Å². The van der Waals surface area contributed by atoms with E-state index in [4.69, 9.17) is 16.3 Å². The van der Waals surface area contributed by atoms with Crippen molar-refractivity contribution in [3.63, 3.8) is 0 Å². The van der Waals surface area contributed by atoms with Crippen LogP contribution in [0, 0.1) is 0 Å². The minimum atomic E-state index is -0.493. The summed E-state index contributed by atoms with van der Waals surface area (Å²) >= 11 is 5.71. The quantitative estimate of drug-likeness (QED) is 0.600. The second-order valence-electron chi connectivity index (χ2n) is 3.01. The molecule has 0 aliphatic carbocycles. The lowest BCUT2D eigenvalue weighted by molar-refractivity contribution is -0.144. The van der Waals surface area contributed by atoms with Gasteiger partial charge in [0.1, 0.15) is 5.75 Å². The van der Waals surface area contributed by atoms with E-state index in [1.54, 1.807) is 18.2 Å². The van der Waals surface area contributed by atoms with Crippen molar-refractivity contribution in [3.8, 4) is 5.75 Å². The van der Waals surface area contributed by atoms with Gasteiger partial charge in [-0.3, -0.25) is 9.59 Å². The Kier molecular flexibility index (Phi) is 4.79. The molecule has 16 heavy (non-hydrogen) atoms. The molecular formula is C11H11ClO4. The van der Waals surface area contributed by atoms with Crippen LogP contribution in [0.25, 0.3) is 0 Å². The zero-order valence-electron chi connectivity index (χ0n) is 8.73. The van der Waals surface area contributed by atoms with Crippen LogP contribution in [0.5, 0.6) is 5.75 Å². The molecule has 0 heterocycles. The maximum Gasteiger partial charge on any atom is 0.311 e. The molecule has 0 aromatic heterocycles. The van der Waals surface area contributed by atoms with Crippen LogP contribution in [0.15, 0.2) is 24.3 Å². The highest BCUT2D eigenvalue weighted by molar-refractivity contribution is 6.30. The van der Waals surface area contributed by atoms with E-state index in [1.165, 1.54) is 13.2 Å². The number of ether oxygens (including phenoxy) is 2. The number of halogens is 1. The van der Waals surface area contributed by atoms with E-state index in [2.05, 4.69) is 4.74 Å². The number of esters is 2. The molecule has 0 unspecified atom stereocenters. The maximum atomic E-state index is 11.3. The summed E-state index contributed by atoms with van der Waals surface area (Å²) in [4.78, 5) is 22.0. The van der Waals surface area contributed by atoms with Crippen LogP contribution in [-0.4, -0.2) is 19.0 Å². The number of hydrogen-bond acceptors (Lipinski definition) is 4. The van der Waals surface area contributed by atoms with Crippen molar-refractivity contribution in [3.05, 3.63) is 29.3 Å². The maximum absolute atomic E-state index is 11.3. The summed E-state index contributed by atoms with van der Waals surface area (Å²) in [6.07, 6.45) is -0.00488. The Hall–Kier alpha value is -1.55. The standard InChI is InChI=1S/C11H11ClO4/c1-15-10(13)5-6-11(14)16-9-4-2-3-8(12)7-9/h2-4,7H,5-6H2,1H3. The van der Waals surface area contributed by atoms with Gasteiger partial charge in [0, 0.05) is 5.02 Å². The average Bonchev–Trinajstić information content (AvgIpc) is 2.26. The van der Waals surface area contributed by atoms with Gasteiger partial charge in [-0.15, -0.1) is 0 Å². The van der Waals surface area contributed by atoms with Gasteiger partial charge in [-0.2, -0.15) is 0 Å². The summed E-state index contributed by atoms with van der Waals surface area (Å²) in [5, 5.41) is 0.485. The fraction of sp³-hybridized carbons (Fsp3) is 0.273. The normalized spacial score (nSPS) is 9.62. The minimum Gasteiger partial charge on any atom is -0.469 e. The van der Waals surface area contributed by atoms with Crippen molar-refractivity contribution in [2.75, 3.05) is 7.11 Å². The average molecular weight is 243 g/mol. The van der Waals surface area contributed by atoms with E-state index in [0.29, 0.717) is 10.8 Å². The minimum absolute atomic E-state index is 0.00982. The van der Waals surface area contributed by atoms with Gasteiger partial charge in [0.15, 0.2) is 0 Å². The molecule has 0 spiro atoms. The van der Waals surface area contributed by atoms with Gasteiger partial charge in [-0.05, 0) is 18.2 Å². The van der Waals surface area contributed by atoms with E-state index in [0.717, 1.165) is 0 Å². The Labute approximate surface area is 98.1 Å². The molecule has 1 aromatic rings. The summed E-state index contributed by atoms with van der Waals surface area (Å²) in [6, 6.07) is 6.48. The summed E-state index contributed by atoms with van der Waals surface area (Å²) in [6.45, 7) is 0. The summed E-state index contributed by atoms with van der Waals surface area (Å²) in [7, 11) is 1.27. The zero-order valence-corrected chi connectivity index (χ0v) is 9.49. The Balaban J connectivity index is 2.43. The zero-order chi connectivity index (χ0) is 12.0. The van der Waals surface area contributed by atoms with Gasteiger partial charge in [-0.25, -0.2) is 0 Å². The molecule has 0 saturated carbocycles. The monoisotopic (exact) mass is 242 g/mol. The number of carbonyl (C=O) groups is 2. The summed E-state index contributed by atoms with van der Waals surface area (Å²) in [5.41, 5.74) is 0. The number of rotatable bonds is 4. The van der Waals surface area contributed by atoms with Gasteiger partial charge in [-0.1, -0.05) is 17.7 Å². The van der Waals surface area contributed by atoms with Crippen LogP contribution in [0.1, 0.15) is 12.8 Å². The van der Waals surface area contributed by atoms with Crippen LogP contribution in [0.2, 0.25) is 5.02 Å². The third kappa shape index (κ3) is 4.31. The largest absolute Gasteiger partial charge is 0.469 e. The van der Waals surface area contributed by atoms with E-state index in [1.807, 2.05) is 0 Å². The first-order chi connectivity index (χ1) is 7.61. The molecule has 0 aliphatic rings. The molecule has 0 atom stereocenters. The topological polar surface area (TPSA) is 52.6 Å². The fourth-order valence-electron chi connectivity index (χ4n) is 1.02. The Morgan fingerprint density at radius 2 is 1.94 bits per heavy atom. The molecule has 5 heteroatoms. The molecule has 0 N–H and O–H groups in total. The number of benzene rings is 1. The van der Waals surface area contributed by atoms with Gasteiger partial charge >= 0.3 is 11.9 Å². The molecule has 0 radical (unpaired) electrons. The van der Waals surface area contributed by atoms with Crippen molar-refractivity contribution in [2.24, 2.45) is 0 Å². The lowest BCUT2D eigenvalue weighted by Crippen LogP contribution is -2.11. The van der Waals surface area contributed by atoms with Gasteiger partial charge in [0.25, 0.3) is 0 Å². The summed E-state index contributed by atoms with van der Waals surface area (Å²) < 4.78 is 9.36. The fourth-order valence-corrected chi connectivity index (χ4v) is 1.20. The van der Waals surface area contributed by atoms with Crippen LogP contribution >= 0.6 is 11.6 Å². The molecular weight excluding hydrogens is 232 g/mol. The van der Waals surface area contributed by atoms with Crippen LogP contribution in [0.3, 0.4) is 0 Å². The molecule has 4 nitrogen and oxygen atoms in total. The van der Waals surface area contributed by atoms with Crippen molar-refractivity contribution in [2.45, 2.75) is 12.8 Å². The van der Waals surface area contributed by atoms with E-state index < -0.39 is 11.9 Å². The summed E-state index contributed by atoms with van der Waals surface area (Å²) in [5.74, 6) is -0.571. The highest BCUT2D eigenvalue weighted by atomic mass is 35.5. The first-order valence-corrected chi connectivity index (χ1v) is 5.02. The highest BCUT2D eigenvalue weighted by Gasteiger charge is 2.09. The second kappa shape index (κ2) is 6.12. The van der Waals surface area contributed by atoms with Gasteiger partial charge in [0.2, 0.25) is 0 Å². The lowest BCUT2D eigenvalue weighted by atomic mass is 10.3. The first-order valence-electron chi connectivity index (χ1n) is 4.65. The molecule has 0 saturated heterocycles. The number of carbonyl (C=O) groups excluding carboxylic acids is 2. The Morgan fingerprint density at radius 1 is 1.25 bits per heavy atom. The van der Waals surface area contributed by atoms with E-state index in [9.17, 15) is 9.59 Å². The van der Waals surface area contributed by atoms with Crippen molar-refractivity contribution >= 4 is 23.5 Å². The van der Waals surface area contributed by atoms with Crippen LogP contribution in [0.4, 0.5) is 0 Å². The van der Waals surface area contributed by atoms with E-state index in [-0.39, 0.29) is 12.8 Å². The molecule has 0 amide bonds. The second-order valence-corrected chi connectivity index (χ2v) is 3.44. The smallest absolute Gasteiger partial charge is 0.311 e. The van der Waals surface area contributed by atoms with Crippen molar-refractivity contribution < 1.29 is 19.1 Å². The Bertz CT molecular complexity index is 389. The molecule has 0 fully saturated rings. The predicted octanol–water partition coefficient (Wildman–Crippen LogP) is 2.20. The van der Waals surface area contributed by atoms with Crippen molar-refractivity contribution in [1.29, 1.82) is 0 Å². The van der Waals surface area contributed by atoms with Crippen LogP contribution in [-0.2, 0) is 14.3 Å². The lowest BCUT2D eigenvalue weighted by Gasteiger charge is -2.03. The molecule has 86 valence electrons. The van der Waals surface area contributed by atoms with Crippen molar-refractivity contribution in [1.82, 2.24) is 0 Å². The molecule has 0 aliphatic heterocycles. The molecule has 1 rings (SSSR count). The van der Waals surface area contributed by atoms with Gasteiger partial charge in [0.05, 0.1) is 20.0 Å². The third-order valence-corrected chi connectivity index (χ3v) is 2.02. The SMILES string of the molecule is COC(=O)CCC(=O)Oc1cccc(Cl)c1. The molecule has 0 bridgehead atoms. The highest BCUT2D eigenvalue weighted by Crippen LogP contribution is 2.17. The first kappa shape index (κ1) is 12.5. The number of hydrogen-bond donors (Lipinski definition) is 0.